The lowest BCUT2D eigenvalue weighted by atomic mass is 10.1. The summed E-state index contributed by atoms with van der Waals surface area (Å²) in [6, 6.07) is 15.0. The summed E-state index contributed by atoms with van der Waals surface area (Å²) in [7, 11) is 4.73. The van der Waals surface area contributed by atoms with Crippen LogP contribution in [0.15, 0.2) is 54.6 Å². The number of benzene rings is 2. The maximum absolute atomic E-state index is 12.1. The van der Waals surface area contributed by atoms with Gasteiger partial charge in [-0.15, -0.1) is 0 Å². The number of amides is 1. The second-order valence-corrected chi connectivity index (χ2v) is 8.76. The molecule has 0 aliphatic carbocycles. The number of nitrogens with one attached hydrogen (secondary N) is 2. The SMILES string of the molecule is COCCNc1nc(N[C@@H](Cc2ccc(OC(=O)N(C)C)cc2)C(=O)O)nc(N(Cl)Cc2ccccc2)n1. The van der Waals surface area contributed by atoms with Crippen LogP contribution in [0.4, 0.5) is 22.6 Å². The third kappa shape index (κ3) is 8.75. The Labute approximate surface area is 225 Å². The minimum atomic E-state index is -1.10. The van der Waals surface area contributed by atoms with E-state index in [2.05, 4.69) is 25.6 Å². The van der Waals surface area contributed by atoms with Crippen molar-refractivity contribution in [1.82, 2.24) is 19.9 Å². The van der Waals surface area contributed by atoms with Crippen molar-refractivity contribution in [2.45, 2.75) is 19.0 Å². The molecular weight excluding hydrogens is 514 g/mol. The average Bonchev–Trinajstić information content (AvgIpc) is 2.90. The van der Waals surface area contributed by atoms with Crippen LogP contribution in [0.1, 0.15) is 11.1 Å². The van der Waals surface area contributed by atoms with Crippen LogP contribution >= 0.6 is 11.8 Å². The molecule has 2 aromatic carbocycles. The number of methoxy groups -OCH3 is 1. The number of carbonyl (C=O) groups is 2. The first-order valence-corrected chi connectivity index (χ1v) is 12.0. The lowest BCUT2D eigenvalue weighted by molar-refractivity contribution is -0.137. The first-order valence-electron chi connectivity index (χ1n) is 11.7. The molecule has 0 unspecified atom stereocenters. The molecular formula is C25H30ClN7O5. The minimum Gasteiger partial charge on any atom is -0.480 e. The number of rotatable bonds is 13. The van der Waals surface area contributed by atoms with Crippen LogP contribution in [-0.4, -0.2) is 77.4 Å². The molecule has 0 saturated heterocycles. The van der Waals surface area contributed by atoms with Crippen molar-refractivity contribution >= 4 is 41.7 Å². The van der Waals surface area contributed by atoms with E-state index in [1.165, 1.54) is 9.32 Å². The molecule has 0 aliphatic heterocycles. The van der Waals surface area contributed by atoms with Gasteiger partial charge < -0.3 is 30.1 Å². The van der Waals surface area contributed by atoms with Crippen molar-refractivity contribution in [3.63, 3.8) is 0 Å². The number of halogens is 1. The van der Waals surface area contributed by atoms with Crippen LogP contribution in [0.2, 0.25) is 0 Å². The molecule has 0 fully saturated rings. The molecule has 3 N–H and O–H groups in total. The van der Waals surface area contributed by atoms with Crippen LogP contribution in [0.5, 0.6) is 5.75 Å². The fourth-order valence-corrected chi connectivity index (χ4v) is 3.39. The molecule has 0 radical (unpaired) electrons. The summed E-state index contributed by atoms with van der Waals surface area (Å²) in [5, 5.41) is 15.8. The molecule has 0 aliphatic rings. The summed E-state index contributed by atoms with van der Waals surface area (Å²) < 4.78 is 11.6. The van der Waals surface area contributed by atoms with Crippen molar-refractivity contribution in [2.75, 3.05) is 49.4 Å². The Morgan fingerprint density at radius 1 is 1.00 bits per heavy atom. The Bertz CT molecular complexity index is 1200. The summed E-state index contributed by atoms with van der Waals surface area (Å²) in [6.07, 6.45) is -0.400. The summed E-state index contributed by atoms with van der Waals surface area (Å²) in [4.78, 5) is 38.1. The van der Waals surface area contributed by atoms with Gasteiger partial charge in [-0.05, 0) is 23.3 Å². The number of carboxylic acids is 1. The van der Waals surface area contributed by atoms with E-state index in [0.717, 1.165) is 5.56 Å². The second kappa shape index (κ2) is 14.0. The third-order valence-corrected chi connectivity index (χ3v) is 5.40. The van der Waals surface area contributed by atoms with Gasteiger partial charge in [0.25, 0.3) is 0 Å². The van der Waals surface area contributed by atoms with Gasteiger partial charge in [-0.2, -0.15) is 15.0 Å². The Morgan fingerprint density at radius 3 is 2.32 bits per heavy atom. The van der Waals surface area contributed by atoms with E-state index in [1.807, 2.05) is 30.3 Å². The van der Waals surface area contributed by atoms with Gasteiger partial charge in [-0.25, -0.2) is 14.0 Å². The van der Waals surface area contributed by atoms with Gasteiger partial charge in [-0.1, -0.05) is 42.5 Å². The molecule has 0 bridgehead atoms. The van der Waals surface area contributed by atoms with E-state index >= 15 is 0 Å². The topological polar surface area (TPSA) is 142 Å². The highest BCUT2D eigenvalue weighted by atomic mass is 35.5. The Balaban J connectivity index is 1.78. The minimum absolute atomic E-state index is 0.0394. The number of hydrogen-bond acceptors (Lipinski definition) is 10. The van der Waals surface area contributed by atoms with Gasteiger partial charge in [0.15, 0.2) is 0 Å². The van der Waals surface area contributed by atoms with Crippen LogP contribution in [0, 0.1) is 0 Å². The Kier molecular flexibility index (Phi) is 10.4. The van der Waals surface area contributed by atoms with Crippen LogP contribution in [0.25, 0.3) is 0 Å². The average molecular weight is 544 g/mol. The zero-order chi connectivity index (χ0) is 27.5. The maximum atomic E-state index is 12.1. The number of carbonyl (C=O) groups excluding carboxylic acids is 1. The van der Waals surface area contributed by atoms with Crippen molar-refractivity contribution < 1.29 is 24.2 Å². The summed E-state index contributed by atoms with van der Waals surface area (Å²) in [6.45, 7) is 1.15. The zero-order valence-electron chi connectivity index (χ0n) is 21.3. The lowest BCUT2D eigenvalue weighted by Gasteiger charge is -2.19. The molecule has 1 heterocycles. The van der Waals surface area contributed by atoms with E-state index in [0.29, 0.717) is 31.0 Å². The number of anilines is 3. The molecule has 3 rings (SSSR count). The predicted molar refractivity (Wildman–Crippen MR) is 144 cm³/mol. The molecule has 1 amide bonds. The zero-order valence-corrected chi connectivity index (χ0v) is 22.1. The maximum Gasteiger partial charge on any atom is 0.414 e. The largest absolute Gasteiger partial charge is 0.480 e. The monoisotopic (exact) mass is 543 g/mol. The summed E-state index contributed by atoms with van der Waals surface area (Å²) >= 11 is 6.49. The first-order chi connectivity index (χ1) is 18.2. The Morgan fingerprint density at radius 2 is 1.68 bits per heavy atom. The lowest BCUT2D eigenvalue weighted by Crippen LogP contribution is -2.33. The number of nitrogens with zero attached hydrogens (tertiary/aromatic N) is 5. The number of carboxylic acid groups (broad SMARTS) is 1. The standard InChI is InChI=1S/C25H30ClN7O5/c1-32(2)25(36)38-19-11-9-17(10-12-19)15-20(21(34)35)28-23-29-22(27-13-14-37-3)30-24(31-23)33(26)16-18-7-5-4-6-8-18/h4-12,20H,13-16H2,1-3H3,(H,34,35)(H2,27,28,29,30,31)/t20-/m0/s1. The molecule has 0 spiro atoms. The van der Waals surface area contributed by atoms with Crippen molar-refractivity contribution in [3.05, 3.63) is 65.7 Å². The number of ether oxygens (including phenoxy) is 2. The van der Waals surface area contributed by atoms with Crippen LogP contribution < -0.4 is 19.8 Å². The van der Waals surface area contributed by atoms with Crippen molar-refractivity contribution in [2.24, 2.45) is 0 Å². The van der Waals surface area contributed by atoms with Gasteiger partial charge in [0.1, 0.15) is 11.8 Å². The van der Waals surface area contributed by atoms with E-state index in [4.69, 9.17) is 21.3 Å². The van der Waals surface area contributed by atoms with Gasteiger partial charge in [0.2, 0.25) is 17.8 Å². The highest BCUT2D eigenvalue weighted by molar-refractivity contribution is 6.24. The van der Waals surface area contributed by atoms with E-state index in [9.17, 15) is 14.7 Å². The quantitative estimate of drug-likeness (QED) is 0.216. The van der Waals surface area contributed by atoms with E-state index in [-0.39, 0.29) is 24.3 Å². The number of aliphatic carboxylic acids is 1. The fourth-order valence-electron chi connectivity index (χ4n) is 3.17. The fraction of sp³-hybridized carbons (Fsp3) is 0.320. The Hall–Kier alpha value is -4.16. The van der Waals surface area contributed by atoms with Crippen molar-refractivity contribution in [3.8, 4) is 5.75 Å². The van der Waals surface area contributed by atoms with Gasteiger partial charge in [-0.3, -0.25) is 0 Å². The third-order valence-electron chi connectivity index (χ3n) is 5.13. The molecule has 3 aromatic rings. The van der Waals surface area contributed by atoms with Crippen LogP contribution in [0.3, 0.4) is 0 Å². The summed E-state index contributed by atoms with van der Waals surface area (Å²) in [5.74, 6) is -0.357. The molecule has 12 nitrogen and oxygen atoms in total. The molecule has 0 saturated carbocycles. The highest BCUT2D eigenvalue weighted by Gasteiger charge is 2.21. The van der Waals surface area contributed by atoms with Gasteiger partial charge >= 0.3 is 12.1 Å². The molecule has 38 heavy (non-hydrogen) atoms. The molecule has 13 heteroatoms. The van der Waals surface area contributed by atoms with E-state index in [1.54, 1.807) is 45.5 Å². The smallest absolute Gasteiger partial charge is 0.414 e. The summed E-state index contributed by atoms with van der Waals surface area (Å²) in [5.41, 5.74) is 1.64. The molecule has 202 valence electrons. The molecule has 1 aromatic heterocycles. The highest BCUT2D eigenvalue weighted by Crippen LogP contribution is 2.20. The first kappa shape index (κ1) is 28.4. The molecule has 1 atom stereocenters. The number of aromatic nitrogens is 3. The second-order valence-electron chi connectivity index (χ2n) is 8.35. The van der Waals surface area contributed by atoms with E-state index < -0.39 is 18.1 Å². The predicted octanol–water partition coefficient (Wildman–Crippen LogP) is 3.26. The number of hydrogen-bond donors (Lipinski definition) is 3. The van der Waals surface area contributed by atoms with Crippen molar-refractivity contribution in [1.29, 1.82) is 0 Å². The van der Waals surface area contributed by atoms with Gasteiger partial charge in [0, 0.05) is 45.9 Å². The normalized spacial score (nSPS) is 11.4. The van der Waals surface area contributed by atoms with Crippen LogP contribution in [-0.2, 0) is 22.5 Å². The van der Waals surface area contributed by atoms with Gasteiger partial charge in [0.05, 0.1) is 13.2 Å².